The molecule has 74 valence electrons. The van der Waals surface area contributed by atoms with E-state index in [0.29, 0.717) is 4.99 Å². The highest BCUT2D eigenvalue weighted by molar-refractivity contribution is 7.80. The van der Waals surface area contributed by atoms with Crippen molar-refractivity contribution in [1.82, 2.24) is 0 Å². The predicted octanol–water partition coefficient (Wildman–Crippen LogP) is 2.78. The third kappa shape index (κ3) is 1.44. The van der Waals surface area contributed by atoms with Gasteiger partial charge in [-0.2, -0.15) is 0 Å². The molecule has 1 fully saturated rings. The normalized spacial score (nSPS) is 19.4. The molecule has 14 heavy (non-hydrogen) atoms. The van der Waals surface area contributed by atoms with E-state index in [0.717, 1.165) is 12.8 Å². The molecular weight excluding hydrogens is 190 g/mol. The lowest BCUT2D eigenvalue weighted by atomic mass is 9.79. The first-order valence-corrected chi connectivity index (χ1v) is 5.52. The Bertz CT molecular complexity index is 325. The first-order chi connectivity index (χ1) is 6.76. The van der Waals surface area contributed by atoms with E-state index in [9.17, 15) is 0 Å². The summed E-state index contributed by atoms with van der Waals surface area (Å²) in [6.45, 7) is 0. The molecule has 1 aromatic carbocycles. The van der Waals surface area contributed by atoms with Crippen LogP contribution < -0.4 is 5.73 Å². The predicted molar refractivity (Wildman–Crippen MR) is 63.4 cm³/mol. The molecule has 0 saturated heterocycles. The molecule has 1 aliphatic rings. The van der Waals surface area contributed by atoms with E-state index in [1.54, 1.807) is 0 Å². The van der Waals surface area contributed by atoms with Crippen LogP contribution in [0, 0.1) is 0 Å². The van der Waals surface area contributed by atoms with Gasteiger partial charge in [0.1, 0.15) is 0 Å². The lowest BCUT2D eigenvalue weighted by molar-refractivity contribution is 0.602. The largest absolute Gasteiger partial charge is 0.393 e. The minimum Gasteiger partial charge on any atom is -0.393 e. The minimum atomic E-state index is -0.00338. The number of thiocarbonyl (C=S) groups is 1. The second kappa shape index (κ2) is 3.70. The molecule has 0 heterocycles. The molecular formula is C12H15NS. The third-order valence-corrected chi connectivity index (χ3v) is 3.65. The topological polar surface area (TPSA) is 26.0 Å². The monoisotopic (exact) mass is 205 g/mol. The summed E-state index contributed by atoms with van der Waals surface area (Å²) >= 11 is 5.23. The van der Waals surface area contributed by atoms with Gasteiger partial charge < -0.3 is 5.73 Å². The summed E-state index contributed by atoms with van der Waals surface area (Å²) in [6, 6.07) is 10.4. The number of nitrogens with two attached hydrogens (primary N) is 1. The smallest absolute Gasteiger partial charge is 0.0834 e. The van der Waals surface area contributed by atoms with Crippen LogP contribution in [0.25, 0.3) is 0 Å². The average Bonchev–Trinajstić information content (AvgIpc) is 2.69. The van der Waals surface area contributed by atoms with Gasteiger partial charge in [-0.3, -0.25) is 0 Å². The van der Waals surface area contributed by atoms with E-state index >= 15 is 0 Å². The number of rotatable bonds is 2. The summed E-state index contributed by atoms with van der Waals surface area (Å²) in [6.07, 6.45) is 4.72. The molecule has 0 bridgehead atoms. The van der Waals surface area contributed by atoms with Crippen LogP contribution in [0.4, 0.5) is 0 Å². The Kier molecular flexibility index (Phi) is 2.55. The van der Waals surface area contributed by atoms with Crippen LogP contribution in [-0.4, -0.2) is 4.99 Å². The van der Waals surface area contributed by atoms with Crippen LogP contribution in [0.3, 0.4) is 0 Å². The van der Waals surface area contributed by atoms with Crippen LogP contribution in [0.2, 0.25) is 0 Å². The first-order valence-electron chi connectivity index (χ1n) is 5.11. The Morgan fingerprint density at radius 2 is 1.71 bits per heavy atom. The zero-order valence-electron chi connectivity index (χ0n) is 8.20. The number of benzene rings is 1. The van der Waals surface area contributed by atoms with Crippen molar-refractivity contribution in [3.8, 4) is 0 Å². The molecule has 2 N–H and O–H groups in total. The highest BCUT2D eigenvalue weighted by Gasteiger charge is 2.38. The zero-order valence-corrected chi connectivity index (χ0v) is 9.02. The first kappa shape index (κ1) is 9.66. The summed E-state index contributed by atoms with van der Waals surface area (Å²) < 4.78 is 0. The van der Waals surface area contributed by atoms with Gasteiger partial charge in [-0.1, -0.05) is 55.4 Å². The van der Waals surface area contributed by atoms with Crippen molar-refractivity contribution in [3.05, 3.63) is 35.9 Å². The molecule has 2 rings (SSSR count). The van der Waals surface area contributed by atoms with Crippen LogP contribution in [0.5, 0.6) is 0 Å². The van der Waals surface area contributed by atoms with Gasteiger partial charge in [0.25, 0.3) is 0 Å². The molecule has 0 atom stereocenters. The fourth-order valence-corrected chi connectivity index (χ4v) is 2.74. The molecule has 0 aromatic heterocycles. The van der Waals surface area contributed by atoms with Crippen LogP contribution in [0.15, 0.2) is 30.3 Å². The van der Waals surface area contributed by atoms with Crippen LogP contribution >= 0.6 is 12.2 Å². The maximum atomic E-state index is 5.90. The van der Waals surface area contributed by atoms with E-state index in [-0.39, 0.29) is 5.41 Å². The standard InChI is InChI=1S/C12H15NS/c13-11(14)12(8-4-5-9-12)10-6-2-1-3-7-10/h1-3,6-7H,4-5,8-9H2,(H2,13,14). The Hall–Kier alpha value is -0.890. The lowest BCUT2D eigenvalue weighted by Crippen LogP contribution is -2.37. The van der Waals surface area contributed by atoms with E-state index < -0.39 is 0 Å². The second-order valence-electron chi connectivity index (χ2n) is 4.02. The van der Waals surface area contributed by atoms with Crippen molar-refractivity contribution in [2.75, 3.05) is 0 Å². The molecule has 0 radical (unpaired) electrons. The van der Waals surface area contributed by atoms with E-state index in [1.165, 1.54) is 18.4 Å². The van der Waals surface area contributed by atoms with E-state index in [2.05, 4.69) is 24.3 Å². The van der Waals surface area contributed by atoms with Gasteiger partial charge >= 0.3 is 0 Å². The minimum absolute atomic E-state index is 0.00338. The molecule has 1 nitrogen and oxygen atoms in total. The lowest BCUT2D eigenvalue weighted by Gasteiger charge is -2.28. The van der Waals surface area contributed by atoms with Gasteiger partial charge in [0.05, 0.1) is 4.99 Å². The van der Waals surface area contributed by atoms with Crippen molar-refractivity contribution in [2.45, 2.75) is 31.1 Å². The fraction of sp³-hybridized carbons (Fsp3) is 0.417. The maximum Gasteiger partial charge on any atom is 0.0834 e. The van der Waals surface area contributed by atoms with Crippen molar-refractivity contribution in [3.63, 3.8) is 0 Å². The molecule has 0 unspecified atom stereocenters. The van der Waals surface area contributed by atoms with Crippen molar-refractivity contribution in [2.24, 2.45) is 5.73 Å². The van der Waals surface area contributed by atoms with E-state index in [1.807, 2.05) is 6.07 Å². The summed E-state index contributed by atoms with van der Waals surface area (Å²) in [5, 5.41) is 0. The number of hydrogen-bond acceptors (Lipinski definition) is 1. The second-order valence-corrected chi connectivity index (χ2v) is 4.46. The van der Waals surface area contributed by atoms with Gasteiger partial charge in [0.2, 0.25) is 0 Å². The van der Waals surface area contributed by atoms with Gasteiger partial charge in [-0.25, -0.2) is 0 Å². The Balaban J connectivity index is 2.42. The van der Waals surface area contributed by atoms with Gasteiger partial charge in [0.15, 0.2) is 0 Å². The van der Waals surface area contributed by atoms with Crippen molar-refractivity contribution in [1.29, 1.82) is 0 Å². The molecule has 0 amide bonds. The van der Waals surface area contributed by atoms with Crippen molar-refractivity contribution >= 4 is 17.2 Å². The quantitative estimate of drug-likeness (QED) is 0.751. The fourth-order valence-electron chi connectivity index (χ4n) is 2.41. The van der Waals surface area contributed by atoms with E-state index in [4.69, 9.17) is 18.0 Å². The van der Waals surface area contributed by atoms with Crippen molar-refractivity contribution < 1.29 is 0 Å². The zero-order chi connectivity index (χ0) is 10.0. The average molecular weight is 205 g/mol. The van der Waals surface area contributed by atoms with Crippen LogP contribution in [-0.2, 0) is 5.41 Å². The molecule has 2 heteroatoms. The molecule has 1 saturated carbocycles. The summed E-state index contributed by atoms with van der Waals surface area (Å²) in [5.74, 6) is 0. The van der Waals surface area contributed by atoms with Gasteiger partial charge in [0, 0.05) is 5.41 Å². The Labute approximate surface area is 90.3 Å². The Morgan fingerprint density at radius 3 is 2.21 bits per heavy atom. The summed E-state index contributed by atoms with van der Waals surface area (Å²) in [4.78, 5) is 0.668. The van der Waals surface area contributed by atoms with Gasteiger partial charge in [-0.15, -0.1) is 0 Å². The number of hydrogen-bond donors (Lipinski definition) is 1. The summed E-state index contributed by atoms with van der Waals surface area (Å²) in [7, 11) is 0. The highest BCUT2D eigenvalue weighted by Crippen LogP contribution is 2.41. The molecule has 1 aromatic rings. The molecule has 0 aliphatic heterocycles. The van der Waals surface area contributed by atoms with Gasteiger partial charge in [-0.05, 0) is 18.4 Å². The molecule has 0 spiro atoms. The highest BCUT2D eigenvalue weighted by atomic mass is 32.1. The Morgan fingerprint density at radius 1 is 1.14 bits per heavy atom. The molecule has 1 aliphatic carbocycles. The maximum absolute atomic E-state index is 5.90. The third-order valence-electron chi connectivity index (χ3n) is 3.26. The van der Waals surface area contributed by atoms with Crippen LogP contribution in [0.1, 0.15) is 31.2 Å². The summed E-state index contributed by atoms with van der Waals surface area (Å²) in [5.41, 5.74) is 7.19. The SMILES string of the molecule is NC(=S)C1(c2ccccc2)CCCC1.